The monoisotopic (exact) mass is 453 g/mol. The molecule has 0 aliphatic rings. The van der Waals surface area contributed by atoms with E-state index >= 15 is 4.57 Å². The Labute approximate surface area is 196 Å². The molecule has 3 nitrogen and oxygen atoms in total. The van der Waals surface area contributed by atoms with E-state index in [-0.39, 0.29) is 5.91 Å². The molecule has 0 aliphatic carbocycles. The summed E-state index contributed by atoms with van der Waals surface area (Å²) in [6, 6.07) is 36.5. The highest BCUT2D eigenvalue weighted by molar-refractivity contribution is 7.79. The summed E-state index contributed by atoms with van der Waals surface area (Å²) in [7, 11) is -3.31. The molecule has 0 fully saturated rings. The summed E-state index contributed by atoms with van der Waals surface area (Å²) in [5.41, 5.74) is 2.40. The molecule has 0 radical (unpaired) electrons. The van der Waals surface area contributed by atoms with Crippen LogP contribution >= 0.6 is 7.14 Å². The van der Waals surface area contributed by atoms with Gasteiger partial charge >= 0.3 is 0 Å². The molecule has 0 aliphatic heterocycles. The fraction of sp³-hybridized carbons (Fsp3) is 0.138. The number of aryl methyl sites for hydroxylation is 1. The number of hydrogen-bond donors (Lipinski definition) is 0. The van der Waals surface area contributed by atoms with Gasteiger partial charge < -0.3 is 9.46 Å². The lowest BCUT2D eigenvalue weighted by Crippen LogP contribution is -2.39. The Morgan fingerprint density at radius 2 is 1.18 bits per heavy atom. The van der Waals surface area contributed by atoms with Crippen LogP contribution in [0.5, 0.6) is 0 Å². The third-order valence-corrected chi connectivity index (χ3v) is 9.39. The second-order valence-electron chi connectivity index (χ2n) is 8.02. The van der Waals surface area contributed by atoms with Gasteiger partial charge in [-0.3, -0.25) is 4.79 Å². The van der Waals surface area contributed by atoms with Crippen molar-refractivity contribution in [2.75, 3.05) is 6.54 Å². The van der Waals surface area contributed by atoms with Crippen LogP contribution < -0.4 is 10.6 Å². The first kappa shape index (κ1) is 22.8. The van der Waals surface area contributed by atoms with Crippen molar-refractivity contribution in [2.24, 2.45) is 0 Å². The summed E-state index contributed by atoms with van der Waals surface area (Å²) >= 11 is 0. The van der Waals surface area contributed by atoms with Crippen molar-refractivity contribution in [3.05, 3.63) is 132 Å². The van der Waals surface area contributed by atoms with Crippen molar-refractivity contribution < 1.29 is 9.36 Å². The van der Waals surface area contributed by atoms with Gasteiger partial charge in [0.1, 0.15) is 5.78 Å². The Kier molecular flexibility index (Phi) is 6.91. The second kappa shape index (κ2) is 10.0. The Bertz CT molecular complexity index is 1210. The minimum absolute atomic E-state index is 0.114. The van der Waals surface area contributed by atoms with Crippen LogP contribution in [-0.2, 0) is 4.57 Å². The normalized spacial score (nSPS) is 12.2. The van der Waals surface area contributed by atoms with Crippen LogP contribution in [0.1, 0.15) is 34.2 Å². The van der Waals surface area contributed by atoms with Crippen molar-refractivity contribution in [1.29, 1.82) is 0 Å². The average molecular weight is 454 g/mol. The number of rotatable bonds is 7. The fourth-order valence-corrected chi connectivity index (χ4v) is 7.68. The zero-order valence-electron chi connectivity index (χ0n) is 19.0. The second-order valence-corrected chi connectivity index (χ2v) is 10.9. The molecule has 4 aromatic rings. The van der Waals surface area contributed by atoms with E-state index < -0.39 is 12.9 Å². The lowest BCUT2D eigenvalue weighted by Gasteiger charge is -2.38. The molecule has 0 aromatic heterocycles. The van der Waals surface area contributed by atoms with E-state index in [4.69, 9.17) is 0 Å². The maximum absolute atomic E-state index is 15.3. The van der Waals surface area contributed by atoms with Crippen molar-refractivity contribution in [1.82, 2.24) is 4.90 Å². The molecule has 0 N–H and O–H groups in total. The molecule has 0 bridgehead atoms. The Balaban J connectivity index is 1.99. The molecule has 33 heavy (non-hydrogen) atoms. The van der Waals surface area contributed by atoms with Crippen LogP contribution in [0.3, 0.4) is 0 Å². The van der Waals surface area contributed by atoms with E-state index in [0.717, 1.165) is 21.7 Å². The van der Waals surface area contributed by atoms with E-state index in [2.05, 4.69) is 0 Å². The maximum atomic E-state index is 15.3. The number of carbonyl (C=O) groups excluding carboxylic acids is 1. The predicted molar refractivity (Wildman–Crippen MR) is 137 cm³/mol. The predicted octanol–water partition coefficient (Wildman–Crippen LogP) is 6.17. The Hall–Kier alpha value is -3.42. The smallest absolute Gasteiger partial charge is 0.255 e. The van der Waals surface area contributed by atoms with E-state index in [1.807, 2.05) is 129 Å². The highest BCUT2D eigenvalue weighted by Crippen LogP contribution is 2.58. The minimum Gasteiger partial charge on any atom is -0.324 e. The lowest BCUT2D eigenvalue weighted by molar-refractivity contribution is 0.0740. The largest absolute Gasteiger partial charge is 0.324 e. The quantitative estimate of drug-likeness (QED) is 0.314. The molecular formula is C29H28NO2P. The van der Waals surface area contributed by atoms with E-state index in [1.54, 1.807) is 4.90 Å². The molecule has 0 unspecified atom stereocenters. The van der Waals surface area contributed by atoms with Gasteiger partial charge in [-0.15, -0.1) is 0 Å². The molecule has 0 saturated carbocycles. The number of hydrogen-bond acceptors (Lipinski definition) is 2. The fourth-order valence-electron chi connectivity index (χ4n) is 4.34. The van der Waals surface area contributed by atoms with E-state index in [1.165, 1.54) is 0 Å². The summed E-state index contributed by atoms with van der Waals surface area (Å²) in [6.07, 6.45) is 0. The summed E-state index contributed by atoms with van der Waals surface area (Å²) in [4.78, 5) is 15.7. The summed E-state index contributed by atoms with van der Waals surface area (Å²) in [5, 5.41) is 1.47. The number of benzene rings is 4. The van der Waals surface area contributed by atoms with Gasteiger partial charge in [-0.25, -0.2) is 0 Å². The summed E-state index contributed by atoms with van der Waals surface area (Å²) in [5.74, 6) is -0.753. The zero-order chi connectivity index (χ0) is 23.3. The molecule has 166 valence electrons. The van der Waals surface area contributed by atoms with Crippen LogP contribution in [0.25, 0.3) is 0 Å². The maximum Gasteiger partial charge on any atom is 0.255 e. The lowest BCUT2D eigenvalue weighted by atomic mass is 10.1. The van der Waals surface area contributed by atoms with Crippen molar-refractivity contribution in [3.8, 4) is 0 Å². The number of carbonyl (C=O) groups is 1. The molecule has 1 atom stereocenters. The van der Waals surface area contributed by atoms with Gasteiger partial charge in [-0.2, -0.15) is 0 Å². The zero-order valence-corrected chi connectivity index (χ0v) is 19.9. The Morgan fingerprint density at radius 3 is 1.67 bits per heavy atom. The number of amides is 1. The molecule has 0 spiro atoms. The van der Waals surface area contributed by atoms with E-state index in [0.29, 0.717) is 12.1 Å². The molecule has 4 rings (SSSR count). The van der Waals surface area contributed by atoms with Crippen molar-refractivity contribution in [3.63, 3.8) is 0 Å². The summed E-state index contributed by atoms with van der Waals surface area (Å²) < 4.78 is 15.3. The van der Waals surface area contributed by atoms with Gasteiger partial charge in [0.05, 0.1) is 0 Å². The van der Waals surface area contributed by atoms with Gasteiger partial charge in [0.15, 0.2) is 7.14 Å². The van der Waals surface area contributed by atoms with Gasteiger partial charge in [-0.1, -0.05) is 109 Å². The van der Waals surface area contributed by atoms with Crippen molar-refractivity contribution >= 4 is 23.7 Å². The summed E-state index contributed by atoms with van der Waals surface area (Å²) in [6.45, 7) is 4.31. The topological polar surface area (TPSA) is 37.4 Å². The molecule has 4 heteroatoms. The van der Waals surface area contributed by atoms with Gasteiger partial charge in [0.2, 0.25) is 0 Å². The van der Waals surface area contributed by atoms with Crippen LogP contribution in [0.4, 0.5) is 0 Å². The minimum atomic E-state index is -3.31. The third-order valence-electron chi connectivity index (χ3n) is 5.99. The molecule has 4 aromatic carbocycles. The SMILES string of the molecule is CCN(C(=O)c1ccccc1C)[C@H](c1ccccc1)P(=O)(c1ccccc1)c1ccccc1. The highest BCUT2D eigenvalue weighted by atomic mass is 31.2. The highest BCUT2D eigenvalue weighted by Gasteiger charge is 2.43. The van der Waals surface area contributed by atoms with Crippen LogP contribution in [0, 0.1) is 6.92 Å². The van der Waals surface area contributed by atoms with Crippen molar-refractivity contribution in [2.45, 2.75) is 19.6 Å². The standard InChI is InChI=1S/C29H28NO2P/c1-3-30(28(31)27-22-14-13-15-23(27)2)29(24-16-7-4-8-17-24)33(32,25-18-9-5-10-19-25)26-20-11-6-12-21-26/h4-22,29H,3H2,1-2H3/t29-/m0/s1. The first-order valence-corrected chi connectivity index (χ1v) is 13.0. The van der Waals surface area contributed by atoms with Crippen LogP contribution in [-0.4, -0.2) is 17.4 Å². The number of nitrogens with zero attached hydrogens (tertiary/aromatic N) is 1. The average Bonchev–Trinajstić information content (AvgIpc) is 2.88. The van der Waals surface area contributed by atoms with Crippen LogP contribution in [0.15, 0.2) is 115 Å². The van der Waals surface area contributed by atoms with E-state index in [9.17, 15) is 4.79 Å². The first-order chi connectivity index (χ1) is 16.1. The molecule has 1 amide bonds. The van der Waals surface area contributed by atoms with Crippen LogP contribution in [0.2, 0.25) is 0 Å². The first-order valence-electron chi connectivity index (χ1n) is 11.2. The Morgan fingerprint density at radius 1 is 0.727 bits per heavy atom. The molecule has 0 saturated heterocycles. The molecule has 0 heterocycles. The molecular weight excluding hydrogens is 425 g/mol. The van der Waals surface area contributed by atoms with Gasteiger partial charge in [-0.05, 0) is 31.0 Å². The van der Waals surface area contributed by atoms with Gasteiger partial charge in [0.25, 0.3) is 5.91 Å². The van der Waals surface area contributed by atoms with Gasteiger partial charge in [0, 0.05) is 22.7 Å². The third kappa shape index (κ3) is 4.42.